The molecule has 2 radical (unpaired) electrons. The molecule has 106 valence electrons. The molecular weight excluding hydrogens is 994 g/mol. The number of rotatable bonds is 0. The monoisotopic (exact) mass is 993 g/mol. The Morgan fingerprint density at radius 3 is 0.333 bits per heavy atom. The largest absolute Gasteiger partial charge is 3.00 e. The molecule has 0 aliphatic heterocycles. The van der Waals surface area contributed by atoms with Gasteiger partial charge >= 0.3 is 84.4 Å². The Hall–Kier alpha value is 5.13. The van der Waals surface area contributed by atoms with Crippen molar-refractivity contribution in [1.82, 2.24) is 0 Å². The van der Waals surface area contributed by atoms with Gasteiger partial charge in [-0.15, -0.1) is 0 Å². The predicted octanol–water partition coefficient (Wildman–Crippen LogP) is -29.6. The Labute approximate surface area is 204 Å². The summed E-state index contributed by atoms with van der Waals surface area (Å²) in [5.41, 5.74) is 0. The van der Waals surface area contributed by atoms with Crippen LogP contribution in [0.25, 0.3) is 0 Å². The minimum absolute atomic E-state index is 0. The Morgan fingerprint density at radius 1 is 0.333 bits per heavy atom. The maximum absolute atomic E-state index is 8.57. The van der Waals surface area contributed by atoms with Crippen LogP contribution in [0, 0.1) is 0 Å². The van der Waals surface area contributed by atoms with Gasteiger partial charge in [-0.3, -0.25) is 0 Å². The van der Waals surface area contributed by atoms with Crippen LogP contribution in [-0.2, 0) is 0 Å². The first-order valence-corrected chi connectivity index (χ1v) is 12.4. The number of hydrogen-bond acceptors (Lipinski definition) is 12. The third kappa shape index (κ3) is 325. The van der Waals surface area contributed by atoms with Crippen LogP contribution in [0.15, 0.2) is 0 Å². The second-order valence-corrected chi connectivity index (χ2v) is 5.07. The molecule has 0 saturated carbocycles. The first-order chi connectivity index (χ1) is 6.93. The van der Waals surface area contributed by atoms with Crippen LogP contribution in [0.3, 0.4) is 0 Å². The molecule has 0 saturated heterocycles. The van der Waals surface area contributed by atoms with E-state index in [4.69, 9.17) is 41.2 Å². The third-order valence-corrected chi connectivity index (χ3v) is 0. The van der Waals surface area contributed by atoms with E-state index in [9.17, 15) is 0 Å². The first kappa shape index (κ1) is 38.6. The fraction of sp³-hybridized carbons (Fsp3) is 0. The average molecular weight is 994 g/mol. The molecule has 0 spiro atoms. The van der Waals surface area contributed by atoms with Gasteiger partial charge in [0.2, 0.25) is 0 Å². The van der Waals surface area contributed by atoms with Crippen LogP contribution in [0.2, 0.25) is 0 Å². The zero-order chi connectivity index (χ0) is 14.3. The van der Waals surface area contributed by atoms with Gasteiger partial charge in [0, 0.05) is 0 Å². The smallest absolute Gasteiger partial charge is 0.427 e. The molecule has 0 rings (SSSR count). The molecule has 0 bridgehead atoms. The molecule has 0 atom stereocenters. The van der Waals surface area contributed by atoms with Gasteiger partial charge in [0.1, 0.15) is 0 Å². The molecule has 0 amide bonds. The molecule has 18 heteroatoms. The third-order valence-electron chi connectivity index (χ3n) is 0. The maximum Gasteiger partial charge on any atom is 3.00 e. The minimum atomic E-state index is -4.01. The van der Waals surface area contributed by atoms with E-state index >= 15 is 0 Å². The SMILES string of the molecule is [Bi+3].[O-][I+2]([O-])[O-].[O-][I+2]([O-])[O-].[O-][I+2]([O-])[O-].[O-][I+2]([O-])[O-].[Rb+]. The molecule has 0 N–H and O–H groups in total. The Balaban J connectivity index is -0.0000000257. The number of halogens is 4. The summed E-state index contributed by atoms with van der Waals surface area (Å²) < 4.78 is 103. The molecule has 0 aliphatic rings. The van der Waals surface area contributed by atoms with E-state index in [1.807, 2.05) is 0 Å². The zero-order valence-corrected chi connectivity index (χ0v) is 24.9. The van der Waals surface area contributed by atoms with Crippen LogP contribution >= 0.6 is 0 Å². The van der Waals surface area contributed by atoms with Crippen molar-refractivity contribution in [3.63, 3.8) is 0 Å². The van der Waals surface area contributed by atoms with Crippen molar-refractivity contribution in [2.75, 3.05) is 0 Å². The van der Waals surface area contributed by atoms with Crippen molar-refractivity contribution >= 4 is 26.2 Å². The van der Waals surface area contributed by atoms with Crippen molar-refractivity contribution in [2.45, 2.75) is 0 Å². The summed E-state index contributed by atoms with van der Waals surface area (Å²) in [5.74, 6) is 0. The normalized spacial score (nSPS) is 8.00. The molecule has 0 aromatic carbocycles. The second kappa shape index (κ2) is 33.7. The topological polar surface area (TPSA) is 277 Å². The van der Waals surface area contributed by atoms with E-state index in [-0.39, 0.29) is 84.4 Å². The van der Waals surface area contributed by atoms with Crippen LogP contribution in [0.1, 0.15) is 0 Å². The number of hydrogen-bond donors (Lipinski definition) is 0. The standard InChI is InChI=1S/Bi.4IO3.Rb/c;4*2-1(3)4;/q+3;4*-1;+1. The summed E-state index contributed by atoms with van der Waals surface area (Å²) in [4.78, 5) is 0. The van der Waals surface area contributed by atoms with Crippen LogP contribution < -0.4 is 184 Å². The molecular formula is BiI4O12Rb. The molecule has 0 fully saturated rings. The van der Waals surface area contributed by atoms with Crippen molar-refractivity contribution in [3.05, 3.63) is 0 Å². The summed E-state index contributed by atoms with van der Waals surface area (Å²) in [6.45, 7) is 0. The van der Waals surface area contributed by atoms with Crippen molar-refractivity contribution in [3.8, 4) is 0 Å². The molecule has 0 unspecified atom stereocenters. The Bertz CT molecular complexity index is 67.1. The molecule has 0 aromatic heterocycles. The summed E-state index contributed by atoms with van der Waals surface area (Å²) in [6.07, 6.45) is 0. The van der Waals surface area contributed by atoms with Gasteiger partial charge in [-0.2, -0.15) is 0 Å². The molecule has 0 aliphatic carbocycles. The van der Waals surface area contributed by atoms with E-state index in [1.54, 1.807) is 0 Å². The second-order valence-electron chi connectivity index (χ2n) is 0.756. The summed E-state index contributed by atoms with van der Waals surface area (Å²) in [6, 6.07) is 0. The zero-order valence-electron chi connectivity index (χ0n) is 7.86. The molecule has 0 heterocycles. The summed E-state index contributed by atoms with van der Waals surface area (Å²) in [7, 11) is 0. The van der Waals surface area contributed by atoms with Crippen LogP contribution in [0.4, 0.5) is 0 Å². The van der Waals surface area contributed by atoms with Gasteiger partial charge in [-0.1, -0.05) is 0 Å². The Morgan fingerprint density at radius 2 is 0.333 bits per heavy atom. The van der Waals surface area contributed by atoms with Crippen molar-refractivity contribution < 1.29 is 184 Å². The summed E-state index contributed by atoms with van der Waals surface area (Å²) >= 11 is -16.1. The minimum Gasteiger partial charge on any atom is -0.427 e. The quantitative estimate of drug-likeness (QED) is 0.162. The van der Waals surface area contributed by atoms with Crippen LogP contribution in [0.5, 0.6) is 0 Å². The van der Waals surface area contributed by atoms with Crippen LogP contribution in [-0.4, -0.2) is 26.2 Å². The van der Waals surface area contributed by atoms with E-state index < -0.39 is 84.3 Å². The fourth-order valence-electron chi connectivity index (χ4n) is 0. The van der Waals surface area contributed by atoms with Gasteiger partial charge in [-0.25, -0.2) is 0 Å². The van der Waals surface area contributed by atoms with E-state index in [1.165, 1.54) is 0 Å². The Kier molecular flexibility index (Phi) is 72.2. The van der Waals surface area contributed by atoms with E-state index in [2.05, 4.69) is 0 Å². The summed E-state index contributed by atoms with van der Waals surface area (Å²) in [5, 5.41) is 0. The fourth-order valence-corrected chi connectivity index (χ4v) is 0. The average Bonchev–Trinajstić information content (AvgIpc) is 1.76. The van der Waals surface area contributed by atoms with Gasteiger partial charge in [-0.05, 0) is 0 Å². The van der Waals surface area contributed by atoms with Gasteiger partial charge in [0.05, 0.1) is 0 Å². The first-order valence-electron chi connectivity index (χ1n) is 1.85. The van der Waals surface area contributed by atoms with E-state index in [0.29, 0.717) is 0 Å². The molecule has 0 aromatic rings. The van der Waals surface area contributed by atoms with Gasteiger partial charge in [0.15, 0.2) is 0 Å². The van der Waals surface area contributed by atoms with Gasteiger partial charge in [0.25, 0.3) is 84.3 Å². The van der Waals surface area contributed by atoms with Crippen molar-refractivity contribution in [1.29, 1.82) is 0 Å². The predicted molar refractivity (Wildman–Crippen MR) is 5.75 cm³/mol. The van der Waals surface area contributed by atoms with Crippen molar-refractivity contribution in [2.24, 2.45) is 0 Å². The van der Waals surface area contributed by atoms with Gasteiger partial charge < -0.3 is 41.2 Å². The molecule has 18 heavy (non-hydrogen) atoms. The van der Waals surface area contributed by atoms with E-state index in [0.717, 1.165) is 0 Å². The maximum atomic E-state index is 8.57. The molecule has 12 nitrogen and oxygen atoms in total.